The summed E-state index contributed by atoms with van der Waals surface area (Å²) >= 11 is 5.86. The average Bonchev–Trinajstić information content (AvgIpc) is 2.53. The van der Waals surface area contributed by atoms with Crippen molar-refractivity contribution < 1.29 is 14.7 Å². The minimum Gasteiger partial charge on any atom is -0.478 e. The van der Waals surface area contributed by atoms with Crippen LogP contribution in [-0.2, 0) is 6.42 Å². The number of carbonyl (C=O) groups is 2. The lowest BCUT2D eigenvalue weighted by molar-refractivity contribution is 0.0692. The molecule has 5 heteroatoms. The fourth-order valence-electron chi connectivity index (χ4n) is 2.22. The second-order valence-corrected chi connectivity index (χ2v) is 5.69. The number of rotatable bonds is 6. The van der Waals surface area contributed by atoms with Gasteiger partial charge in [0.15, 0.2) is 0 Å². The first-order chi connectivity index (χ1) is 11.0. The van der Waals surface area contributed by atoms with Crippen LogP contribution >= 0.6 is 11.6 Å². The smallest absolute Gasteiger partial charge is 0.336 e. The Kier molecular flexibility index (Phi) is 5.77. The molecule has 0 heterocycles. The van der Waals surface area contributed by atoms with Crippen molar-refractivity contribution in [3.05, 3.63) is 64.2 Å². The maximum Gasteiger partial charge on any atom is 0.336 e. The minimum absolute atomic E-state index is 0.0417. The van der Waals surface area contributed by atoms with Crippen LogP contribution < -0.4 is 5.32 Å². The zero-order valence-electron chi connectivity index (χ0n) is 12.8. The summed E-state index contributed by atoms with van der Waals surface area (Å²) in [5.41, 5.74) is 1.79. The van der Waals surface area contributed by atoms with Gasteiger partial charge in [-0.2, -0.15) is 0 Å². The Morgan fingerprint density at radius 1 is 1.09 bits per heavy atom. The van der Waals surface area contributed by atoms with E-state index >= 15 is 0 Å². The molecular weight excluding hydrogens is 314 g/mol. The van der Waals surface area contributed by atoms with Crippen molar-refractivity contribution in [2.45, 2.75) is 26.2 Å². The van der Waals surface area contributed by atoms with Crippen molar-refractivity contribution >= 4 is 29.2 Å². The summed E-state index contributed by atoms with van der Waals surface area (Å²) in [5.74, 6) is -1.66. The van der Waals surface area contributed by atoms with Crippen molar-refractivity contribution in [1.82, 2.24) is 0 Å². The van der Waals surface area contributed by atoms with Gasteiger partial charge in [-0.05, 0) is 48.7 Å². The molecule has 0 atom stereocenters. The molecule has 0 saturated carbocycles. The molecule has 120 valence electrons. The molecule has 2 N–H and O–H groups in total. The summed E-state index contributed by atoms with van der Waals surface area (Å²) in [4.78, 5) is 23.5. The van der Waals surface area contributed by atoms with Gasteiger partial charge >= 0.3 is 5.97 Å². The van der Waals surface area contributed by atoms with Gasteiger partial charge in [0.1, 0.15) is 0 Å². The SMILES string of the molecule is CCCCc1ccc(NC(=O)c2cc(Cl)ccc2C(=O)O)cc1. The van der Waals surface area contributed by atoms with E-state index in [1.165, 1.54) is 23.8 Å². The molecule has 2 aromatic rings. The van der Waals surface area contributed by atoms with Crippen molar-refractivity contribution in [2.75, 3.05) is 5.32 Å². The molecule has 2 rings (SSSR count). The normalized spacial score (nSPS) is 10.3. The Hall–Kier alpha value is -2.33. The first-order valence-electron chi connectivity index (χ1n) is 7.44. The molecule has 1 amide bonds. The van der Waals surface area contributed by atoms with Crippen LogP contribution in [0.2, 0.25) is 5.02 Å². The summed E-state index contributed by atoms with van der Waals surface area (Å²) in [6, 6.07) is 11.7. The number of carbonyl (C=O) groups excluding carboxylic acids is 1. The largest absolute Gasteiger partial charge is 0.478 e. The number of aryl methyl sites for hydroxylation is 1. The molecule has 4 nitrogen and oxygen atoms in total. The number of hydrogen-bond donors (Lipinski definition) is 2. The number of aromatic carboxylic acids is 1. The van der Waals surface area contributed by atoms with E-state index in [9.17, 15) is 9.59 Å². The van der Waals surface area contributed by atoms with Crippen LogP contribution in [0.4, 0.5) is 5.69 Å². The Morgan fingerprint density at radius 3 is 2.39 bits per heavy atom. The highest BCUT2D eigenvalue weighted by Crippen LogP contribution is 2.19. The van der Waals surface area contributed by atoms with Gasteiger partial charge in [0.2, 0.25) is 0 Å². The number of halogens is 1. The van der Waals surface area contributed by atoms with Crippen LogP contribution in [0.5, 0.6) is 0 Å². The molecule has 0 aliphatic rings. The van der Waals surface area contributed by atoms with E-state index in [0.29, 0.717) is 10.7 Å². The molecule has 0 radical (unpaired) electrons. The van der Waals surface area contributed by atoms with Crippen LogP contribution in [0.3, 0.4) is 0 Å². The molecule has 0 aliphatic carbocycles. The zero-order valence-corrected chi connectivity index (χ0v) is 13.6. The summed E-state index contributed by atoms with van der Waals surface area (Å²) in [6.07, 6.45) is 3.25. The molecule has 0 bridgehead atoms. The van der Waals surface area contributed by atoms with Gasteiger partial charge in [0.05, 0.1) is 11.1 Å². The quantitative estimate of drug-likeness (QED) is 0.810. The third kappa shape index (κ3) is 4.57. The Labute approximate surface area is 140 Å². The van der Waals surface area contributed by atoms with Gasteiger partial charge in [-0.25, -0.2) is 4.79 Å². The molecule has 0 fully saturated rings. The van der Waals surface area contributed by atoms with E-state index in [-0.39, 0.29) is 11.1 Å². The van der Waals surface area contributed by atoms with E-state index in [4.69, 9.17) is 16.7 Å². The highest BCUT2D eigenvalue weighted by molar-refractivity contribution is 6.31. The van der Waals surface area contributed by atoms with Crippen LogP contribution in [0.25, 0.3) is 0 Å². The number of carboxylic acids is 1. The molecule has 2 aromatic carbocycles. The molecule has 0 saturated heterocycles. The van der Waals surface area contributed by atoms with Crippen LogP contribution in [0.1, 0.15) is 46.0 Å². The first kappa shape index (κ1) is 17.0. The fourth-order valence-corrected chi connectivity index (χ4v) is 2.40. The van der Waals surface area contributed by atoms with Crippen LogP contribution in [0, 0.1) is 0 Å². The Morgan fingerprint density at radius 2 is 1.78 bits per heavy atom. The maximum atomic E-state index is 12.3. The number of carboxylic acid groups (broad SMARTS) is 1. The van der Waals surface area contributed by atoms with Gasteiger partial charge in [0.25, 0.3) is 5.91 Å². The summed E-state index contributed by atoms with van der Waals surface area (Å²) in [5, 5.41) is 12.2. The number of hydrogen-bond acceptors (Lipinski definition) is 2. The number of benzene rings is 2. The topological polar surface area (TPSA) is 66.4 Å². The summed E-state index contributed by atoms with van der Waals surface area (Å²) in [6.45, 7) is 2.14. The molecule has 0 aliphatic heterocycles. The highest BCUT2D eigenvalue weighted by Gasteiger charge is 2.17. The van der Waals surface area contributed by atoms with Crippen LogP contribution in [-0.4, -0.2) is 17.0 Å². The maximum absolute atomic E-state index is 12.3. The third-order valence-electron chi connectivity index (χ3n) is 3.49. The van der Waals surface area contributed by atoms with E-state index < -0.39 is 11.9 Å². The predicted molar refractivity (Wildman–Crippen MR) is 91.4 cm³/mol. The van der Waals surface area contributed by atoms with Crippen molar-refractivity contribution in [2.24, 2.45) is 0 Å². The number of unbranched alkanes of at least 4 members (excludes halogenated alkanes) is 1. The third-order valence-corrected chi connectivity index (χ3v) is 3.72. The van der Waals surface area contributed by atoms with E-state index in [2.05, 4.69) is 12.2 Å². The standard InChI is InChI=1S/C18H18ClNO3/c1-2-3-4-12-5-8-14(9-6-12)20-17(21)16-11-13(19)7-10-15(16)18(22)23/h5-11H,2-4H2,1H3,(H,20,21)(H,22,23). The van der Waals surface area contributed by atoms with E-state index in [1.54, 1.807) is 0 Å². The molecule has 0 unspecified atom stereocenters. The molecular formula is C18H18ClNO3. The van der Waals surface area contributed by atoms with Crippen molar-refractivity contribution in [1.29, 1.82) is 0 Å². The van der Waals surface area contributed by atoms with Gasteiger partial charge in [0, 0.05) is 10.7 Å². The first-order valence-corrected chi connectivity index (χ1v) is 7.82. The molecule has 0 aromatic heterocycles. The van der Waals surface area contributed by atoms with Gasteiger partial charge in [-0.15, -0.1) is 0 Å². The van der Waals surface area contributed by atoms with E-state index in [1.807, 2.05) is 24.3 Å². The number of nitrogens with one attached hydrogen (secondary N) is 1. The van der Waals surface area contributed by atoms with Gasteiger partial charge in [-0.3, -0.25) is 4.79 Å². The van der Waals surface area contributed by atoms with Crippen molar-refractivity contribution in [3.8, 4) is 0 Å². The number of anilines is 1. The second-order valence-electron chi connectivity index (χ2n) is 5.25. The zero-order chi connectivity index (χ0) is 16.8. The average molecular weight is 332 g/mol. The summed E-state index contributed by atoms with van der Waals surface area (Å²) < 4.78 is 0. The van der Waals surface area contributed by atoms with Gasteiger partial charge in [-0.1, -0.05) is 37.1 Å². The molecule has 0 spiro atoms. The summed E-state index contributed by atoms with van der Waals surface area (Å²) in [7, 11) is 0. The second kappa shape index (κ2) is 7.79. The highest BCUT2D eigenvalue weighted by atomic mass is 35.5. The predicted octanol–water partition coefficient (Wildman–Crippen LogP) is 4.63. The van der Waals surface area contributed by atoms with Crippen molar-refractivity contribution in [3.63, 3.8) is 0 Å². The minimum atomic E-state index is -1.17. The van der Waals surface area contributed by atoms with Gasteiger partial charge < -0.3 is 10.4 Å². The van der Waals surface area contributed by atoms with E-state index in [0.717, 1.165) is 19.3 Å². The number of amides is 1. The Balaban J connectivity index is 2.16. The fraction of sp³-hybridized carbons (Fsp3) is 0.222. The lowest BCUT2D eigenvalue weighted by atomic mass is 10.1. The lowest BCUT2D eigenvalue weighted by Gasteiger charge is -2.09. The monoisotopic (exact) mass is 331 g/mol. The Bertz CT molecular complexity index is 711. The van der Waals surface area contributed by atoms with Crippen LogP contribution in [0.15, 0.2) is 42.5 Å². The lowest BCUT2D eigenvalue weighted by Crippen LogP contribution is -2.16. The molecule has 23 heavy (non-hydrogen) atoms.